The number of hydrazine groups is 1. The third-order valence-corrected chi connectivity index (χ3v) is 4.16. The quantitative estimate of drug-likeness (QED) is 0.370. The van der Waals surface area contributed by atoms with E-state index in [9.17, 15) is 4.79 Å². The number of benzene rings is 1. The largest absolute Gasteiger partial charge is 0.391 e. The molecule has 25 heavy (non-hydrogen) atoms. The molecule has 1 unspecified atom stereocenters. The molecule has 0 fully saturated rings. The third kappa shape index (κ3) is 5.19. The minimum absolute atomic E-state index is 0.270. The molecule has 3 N–H and O–H groups in total. The first-order chi connectivity index (χ1) is 11.9. The van der Waals surface area contributed by atoms with E-state index in [0.29, 0.717) is 5.69 Å². The summed E-state index contributed by atoms with van der Waals surface area (Å²) in [5.41, 5.74) is 4.74. The molecule has 0 bridgehead atoms. The minimum atomic E-state index is -0.388. The van der Waals surface area contributed by atoms with Crippen LogP contribution in [0.25, 0.3) is 0 Å². The van der Waals surface area contributed by atoms with Crippen molar-refractivity contribution in [3.8, 4) is 0 Å². The number of urea groups is 1. The summed E-state index contributed by atoms with van der Waals surface area (Å²) in [4.78, 5) is 17.4. The lowest BCUT2D eigenvalue weighted by Crippen LogP contribution is -2.37. The highest BCUT2D eigenvalue weighted by Gasteiger charge is 2.13. The highest BCUT2D eigenvalue weighted by Crippen LogP contribution is 2.22. The summed E-state index contributed by atoms with van der Waals surface area (Å²) in [5.74, 6) is 5.73. The van der Waals surface area contributed by atoms with Gasteiger partial charge in [0.1, 0.15) is 6.61 Å². The van der Waals surface area contributed by atoms with Gasteiger partial charge in [-0.05, 0) is 38.8 Å². The van der Waals surface area contributed by atoms with Crippen molar-refractivity contribution >= 4 is 17.4 Å². The first-order valence-corrected chi connectivity index (χ1v) is 8.27. The number of allylic oxidation sites excluding steroid dienone is 4. The molecule has 2 rings (SSSR count). The number of aryl methyl sites for hydroxylation is 1. The molecule has 0 radical (unpaired) electrons. The van der Waals surface area contributed by atoms with Crippen LogP contribution in [0.4, 0.5) is 10.5 Å². The Labute approximate surface area is 149 Å². The molecule has 1 aromatic rings. The number of hydrogen-bond donors (Lipinski definition) is 2. The predicted octanol–water partition coefficient (Wildman–Crippen LogP) is 3.75. The SMILES string of the molecule is CC1=CC(/C(C)=N\OCc2c(C)cccc2NC(=O)N(C)N)CC=C1. The van der Waals surface area contributed by atoms with Gasteiger partial charge >= 0.3 is 6.03 Å². The Hall–Kier alpha value is -2.60. The van der Waals surface area contributed by atoms with Crippen LogP contribution in [0.15, 0.2) is 47.2 Å². The van der Waals surface area contributed by atoms with Crippen LogP contribution in [-0.4, -0.2) is 23.8 Å². The molecule has 0 aromatic heterocycles. The normalized spacial score (nSPS) is 17.1. The number of amides is 2. The van der Waals surface area contributed by atoms with Gasteiger partial charge in [0.2, 0.25) is 0 Å². The Balaban J connectivity index is 2.06. The smallest absolute Gasteiger partial charge is 0.335 e. The third-order valence-electron chi connectivity index (χ3n) is 4.16. The van der Waals surface area contributed by atoms with E-state index < -0.39 is 0 Å². The van der Waals surface area contributed by atoms with E-state index in [1.807, 2.05) is 32.0 Å². The van der Waals surface area contributed by atoms with Crippen LogP contribution >= 0.6 is 0 Å². The second kappa shape index (κ2) is 8.48. The number of hydrogen-bond acceptors (Lipinski definition) is 4. The van der Waals surface area contributed by atoms with Crippen molar-refractivity contribution in [2.75, 3.05) is 12.4 Å². The molecule has 6 nitrogen and oxygen atoms in total. The fraction of sp³-hybridized carbons (Fsp3) is 0.368. The number of rotatable bonds is 5. The van der Waals surface area contributed by atoms with E-state index in [-0.39, 0.29) is 18.6 Å². The molecular formula is C19H26N4O2. The van der Waals surface area contributed by atoms with Gasteiger partial charge in [0.15, 0.2) is 0 Å². The van der Waals surface area contributed by atoms with Gasteiger partial charge in [-0.2, -0.15) is 0 Å². The molecular weight excluding hydrogens is 316 g/mol. The highest BCUT2D eigenvalue weighted by molar-refractivity contribution is 5.89. The molecule has 2 amide bonds. The summed E-state index contributed by atoms with van der Waals surface area (Å²) in [5, 5.41) is 8.04. The molecule has 6 heteroatoms. The van der Waals surface area contributed by atoms with Crippen molar-refractivity contribution in [3.63, 3.8) is 0 Å². The van der Waals surface area contributed by atoms with Gasteiger partial charge in [-0.1, -0.05) is 41.1 Å². The van der Waals surface area contributed by atoms with E-state index in [4.69, 9.17) is 10.7 Å². The van der Waals surface area contributed by atoms with E-state index in [2.05, 4.69) is 35.6 Å². The molecule has 0 spiro atoms. The van der Waals surface area contributed by atoms with Crippen LogP contribution in [0.5, 0.6) is 0 Å². The first-order valence-electron chi connectivity index (χ1n) is 8.27. The molecule has 0 saturated carbocycles. The van der Waals surface area contributed by atoms with E-state index in [1.54, 1.807) is 0 Å². The van der Waals surface area contributed by atoms with Gasteiger partial charge in [-0.15, -0.1) is 0 Å². The van der Waals surface area contributed by atoms with Gasteiger partial charge in [-0.25, -0.2) is 10.6 Å². The molecule has 134 valence electrons. The minimum Gasteiger partial charge on any atom is -0.391 e. The monoisotopic (exact) mass is 342 g/mol. The van der Waals surface area contributed by atoms with Crippen LogP contribution in [0.1, 0.15) is 31.4 Å². The number of nitrogens with two attached hydrogens (primary N) is 1. The Kier molecular flexibility index (Phi) is 6.36. The van der Waals surface area contributed by atoms with Crippen molar-refractivity contribution in [1.82, 2.24) is 5.01 Å². The Morgan fingerprint density at radius 3 is 2.88 bits per heavy atom. The maximum atomic E-state index is 11.8. The van der Waals surface area contributed by atoms with Gasteiger partial charge in [0.25, 0.3) is 0 Å². The first kappa shape index (κ1) is 18.7. The zero-order chi connectivity index (χ0) is 18.4. The zero-order valence-electron chi connectivity index (χ0n) is 15.2. The van der Waals surface area contributed by atoms with Crippen molar-refractivity contribution in [2.45, 2.75) is 33.8 Å². The van der Waals surface area contributed by atoms with E-state index >= 15 is 0 Å². The number of carbonyl (C=O) groups is 1. The lowest BCUT2D eigenvalue weighted by Gasteiger charge is -2.17. The molecule has 0 saturated heterocycles. The molecule has 1 aromatic carbocycles. The van der Waals surface area contributed by atoms with Gasteiger partial charge in [-0.3, -0.25) is 5.01 Å². The number of carbonyl (C=O) groups excluding carboxylic acids is 1. The van der Waals surface area contributed by atoms with Crippen LogP contribution in [-0.2, 0) is 11.4 Å². The number of nitrogens with zero attached hydrogens (tertiary/aromatic N) is 2. The van der Waals surface area contributed by atoms with E-state index in [0.717, 1.165) is 28.3 Å². The molecule has 1 atom stereocenters. The lowest BCUT2D eigenvalue weighted by atomic mass is 9.93. The standard InChI is InChI=1S/C19H26N4O2/c1-13-7-5-9-16(11-13)15(3)22-25-12-17-14(2)8-6-10-18(17)21-19(24)23(4)20/h5-8,10-11,16H,9,12,20H2,1-4H3,(H,21,24)/b22-15-. The number of nitrogens with one attached hydrogen (secondary N) is 1. The Morgan fingerprint density at radius 2 is 2.20 bits per heavy atom. The van der Waals surface area contributed by atoms with Gasteiger partial charge in [0.05, 0.1) is 5.71 Å². The summed E-state index contributed by atoms with van der Waals surface area (Å²) in [6.07, 6.45) is 7.39. The van der Waals surface area contributed by atoms with Gasteiger partial charge < -0.3 is 10.2 Å². The van der Waals surface area contributed by atoms with Crippen LogP contribution < -0.4 is 11.2 Å². The van der Waals surface area contributed by atoms with Crippen LogP contribution in [0, 0.1) is 12.8 Å². The van der Waals surface area contributed by atoms with Crippen molar-refractivity contribution < 1.29 is 9.63 Å². The molecule has 0 aliphatic heterocycles. The van der Waals surface area contributed by atoms with Crippen molar-refractivity contribution in [3.05, 3.63) is 53.1 Å². The zero-order valence-corrected chi connectivity index (χ0v) is 15.2. The fourth-order valence-electron chi connectivity index (χ4n) is 2.61. The summed E-state index contributed by atoms with van der Waals surface area (Å²) >= 11 is 0. The highest BCUT2D eigenvalue weighted by atomic mass is 16.6. The van der Waals surface area contributed by atoms with Gasteiger partial charge in [0, 0.05) is 24.2 Å². The fourth-order valence-corrected chi connectivity index (χ4v) is 2.61. The maximum Gasteiger partial charge on any atom is 0.335 e. The molecule has 1 aliphatic rings. The lowest BCUT2D eigenvalue weighted by molar-refractivity contribution is 0.129. The maximum absolute atomic E-state index is 11.8. The number of oxime groups is 1. The second-order valence-corrected chi connectivity index (χ2v) is 6.30. The summed E-state index contributed by atoms with van der Waals surface area (Å²) < 4.78 is 0. The second-order valence-electron chi connectivity index (χ2n) is 6.30. The Bertz CT molecular complexity index is 720. The van der Waals surface area contributed by atoms with Crippen LogP contribution in [0.3, 0.4) is 0 Å². The average Bonchev–Trinajstić information content (AvgIpc) is 2.57. The molecule has 1 aliphatic carbocycles. The van der Waals surface area contributed by atoms with Crippen LogP contribution in [0.2, 0.25) is 0 Å². The predicted molar refractivity (Wildman–Crippen MR) is 101 cm³/mol. The summed E-state index contributed by atoms with van der Waals surface area (Å²) in [6, 6.07) is 5.28. The topological polar surface area (TPSA) is 80.0 Å². The molecule has 0 heterocycles. The average molecular weight is 342 g/mol. The summed E-state index contributed by atoms with van der Waals surface area (Å²) in [6.45, 7) is 6.29. The summed E-state index contributed by atoms with van der Waals surface area (Å²) in [7, 11) is 1.49. The van der Waals surface area contributed by atoms with E-state index in [1.165, 1.54) is 12.6 Å². The Morgan fingerprint density at radius 1 is 1.44 bits per heavy atom. The van der Waals surface area contributed by atoms with Crippen molar-refractivity contribution in [2.24, 2.45) is 16.9 Å². The van der Waals surface area contributed by atoms with Crippen molar-refractivity contribution in [1.29, 1.82) is 0 Å². The number of anilines is 1.